The van der Waals surface area contributed by atoms with E-state index in [2.05, 4.69) is 43.1 Å². The maximum Gasteiger partial charge on any atom is 0.100 e. The highest BCUT2D eigenvalue weighted by molar-refractivity contribution is 4.95. The van der Waals surface area contributed by atoms with Gasteiger partial charge >= 0.3 is 0 Å². The lowest BCUT2D eigenvalue weighted by atomic mass is 10.0. The molecule has 0 radical (unpaired) electrons. The molecule has 26 heavy (non-hydrogen) atoms. The minimum Gasteiger partial charge on any atom is -0.359 e. The number of hydrogen-bond acceptors (Lipinski definition) is 2. The molecule has 1 rings (SSSR count). The summed E-state index contributed by atoms with van der Waals surface area (Å²) in [6, 6.07) is 0. The van der Waals surface area contributed by atoms with Gasteiger partial charge in [-0.2, -0.15) is 0 Å². The van der Waals surface area contributed by atoms with E-state index in [1.807, 2.05) is 0 Å². The molecular formula is C24H48N2. The third-order valence-electron chi connectivity index (χ3n) is 5.89. The average molecular weight is 365 g/mol. The van der Waals surface area contributed by atoms with Crippen molar-refractivity contribution in [3.05, 3.63) is 12.4 Å². The lowest BCUT2D eigenvalue weighted by Crippen LogP contribution is -2.36. The van der Waals surface area contributed by atoms with Crippen LogP contribution in [0.1, 0.15) is 123 Å². The molecule has 1 aliphatic rings. The zero-order valence-electron chi connectivity index (χ0n) is 18.4. The Labute approximate surface area is 165 Å². The Hall–Kier alpha value is -0.660. The fraction of sp³-hybridized carbons (Fsp3) is 0.917. The average Bonchev–Trinajstić information content (AvgIpc) is 2.98. The number of nitrogens with zero attached hydrogens (tertiary/aromatic N) is 2. The fourth-order valence-electron chi connectivity index (χ4n) is 4.17. The Bertz CT molecular complexity index is 326. The first-order valence-corrected chi connectivity index (χ1v) is 12.0. The van der Waals surface area contributed by atoms with E-state index in [4.69, 9.17) is 0 Å². The molecule has 0 aromatic heterocycles. The Morgan fingerprint density at radius 1 is 0.577 bits per heavy atom. The predicted molar refractivity (Wildman–Crippen MR) is 117 cm³/mol. The molecule has 154 valence electrons. The summed E-state index contributed by atoms with van der Waals surface area (Å²) in [5.74, 6) is 0. The Balaban J connectivity index is 1.81. The fourth-order valence-corrected chi connectivity index (χ4v) is 4.17. The van der Waals surface area contributed by atoms with Gasteiger partial charge < -0.3 is 9.80 Å². The second kappa shape index (κ2) is 16.5. The molecule has 0 fully saturated rings. The zero-order valence-corrected chi connectivity index (χ0v) is 18.4. The zero-order chi connectivity index (χ0) is 18.9. The lowest BCUT2D eigenvalue weighted by molar-refractivity contribution is 0.161. The molecular weight excluding hydrogens is 316 g/mol. The van der Waals surface area contributed by atoms with Crippen molar-refractivity contribution in [2.75, 3.05) is 13.6 Å². The largest absolute Gasteiger partial charge is 0.359 e. The quantitative estimate of drug-likeness (QED) is 0.230. The molecule has 1 heterocycles. The Morgan fingerprint density at radius 2 is 1.04 bits per heavy atom. The maximum atomic E-state index is 2.52. The van der Waals surface area contributed by atoms with Gasteiger partial charge in [-0.25, -0.2) is 0 Å². The molecule has 1 aliphatic heterocycles. The van der Waals surface area contributed by atoms with Crippen LogP contribution in [-0.4, -0.2) is 29.6 Å². The summed E-state index contributed by atoms with van der Waals surface area (Å²) in [6.07, 6.45) is 29.4. The third kappa shape index (κ3) is 11.1. The van der Waals surface area contributed by atoms with E-state index in [-0.39, 0.29) is 0 Å². The van der Waals surface area contributed by atoms with Gasteiger partial charge in [0.1, 0.15) is 6.17 Å². The maximum absolute atomic E-state index is 2.52. The summed E-state index contributed by atoms with van der Waals surface area (Å²) < 4.78 is 0. The van der Waals surface area contributed by atoms with Crippen LogP contribution in [0.25, 0.3) is 0 Å². The van der Waals surface area contributed by atoms with Crippen molar-refractivity contribution in [3.8, 4) is 0 Å². The second-order valence-corrected chi connectivity index (χ2v) is 8.42. The minimum atomic E-state index is 0.622. The summed E-state index contributed by atoms with van der Waals surface area (Å²) in [5.41, 5.74) is 0. The van der Waals surface area contributed by atoms with Gasteiger partial charge in [0, 0.05) is 26.0 Å². The van der Waals surface area contributed by atoms with E-state index in [1.54, 1.807) is 0 Å². The molecule has 0 amide bonds. The topological polar surface area (TPSA) is 6.48 Å². The molecule has 0 spiro atoms. The first-order valence-electron chi connectivity index (χ1n) is 12.0. The van der Waals surface area contributed by atoms with Gasteiger partial charge in [-0.05, 0) is 19.3 Å². The van der Waals surface area contributed by atoms with Gasteiger partial charge in [0.15, 0.2) is 0 Å². The molecule has 0 aromatic rings. The molecule has 0 saturated heterocycles. The smallest absolute Gasteiger partial charge is 0.100 e. The van der Waals surface area contributed by atoms with Crippen molar-refractivity contribution in [1.82, 2.24) is 9.80 Å². The molecule has 1 atom stereocenters. The van der Waals surface area contributed by atoms with Crippen molar-refractivity contribution < 1.29 is 0 Å². The summed E-state index contributed by atoms with van der Waals surface area (Å²) in [7, 11) is 2.22. The predicted octanol–water partition coefficient (Wildman–Crippen LogP) is 7.70. The number of hydrogen-bond donors (Lipinski definition) is 0. The summed E-state index contributed by atoms with van der Waals surface area (Å²) in [4.78, 5) is 4.91. The Kier molecular flexibility index (Phi) is 14.8. The molecule has 0 saturated carbocycles. The monoisotopic (exact) mass is 364 g/mol. The van der Waals surface area contributed by atoms with Crippen molar-refractivity contribution in [3.63, 3.8) is 0 Å². The van der Waals surface area contributed by atoms with Crippen LogP contribution in [0, 0.1) is 0 Å². The second-order valence-electron chi connectivity index (χ2n) is 8.42. The van der Waals surface area contributed by atoms with E-state index in [9.17, 15) is 0 Å². The van der Waals surface area contributed by atoms with Gasteiger partial charge in [0.05, 0.1) is 0 Å². The van der Waals surface area contributed by atoms with Crippen LogP contribution in [0.3, 0.4) is 0 Å². The normalized spacial score (nSPS) is 16.8. The van der Waals surface area contributed by atoms with Crippen molar-refractivity contribution in [1.29, 1.82) is 0 Å². The van der Waals surface area contributed by atoms with Crippen molar-refractivity contribution in [2.24, 2.45) is 0 Å². The van der Waals surface area contributed by atoms with E-state index < -0.39 is 0 Å². The first-order chi connectivity index (χ1) is 12.8. The van der Waals surface area contributed by atoms with E-state index in [0.29, 0.717) is 6.17 Å². The molecule has 0 bridgehead atoms. The van der Waals surface area contributed by atoms with E-state index in [1.165, 1.54) is 116 Å². The van der Waals surface area contributed by atoms with Crippen LogP contribution in [0.5, 0.6) is 0 Å². The van der Waals surface area contributed by atoms with E-state index in [0.717, 1.165) is 0 Å². The standard InChI is InChI=1S/C24H48N2/c1-4-6-7-8-9-10-11-12-13-14-15-16-17-18-19-20-24-25(3)22-23-26(24)21-5-2/h22-24H,4-21H2,1-3H3. The van der Waals surface area contributed by atoms with Crippen LogP contribution < -0.4 is 0 Å². The molecule has 1 unspecified atom stereocenters. The van der Waals surface area contributed by atoms with Gasteiger partial charge in [-0.1, -0.05) is 104 Å². The van der Waals surface area contributed by atoms with Gasteiger partial charge in [-0.3, -0.25) is 0 Å². The van der Waals surface area contributed by atoms with Crippen molar-refractivity contribution in [2.45, 2.75) is 129 Å². The lowest BCUT2D eigenvalue weighted by Gasteiger charge is -2.30. The number of unbranched alkanes of at least 4 members (excludes halogenated alkanes) is 14. The molecule has 2 nitrogen and oxygen atoms in total. The summed E-state index contributed by atoms with van der Waals surface area (Å²) in [6.45, 7) is 5.77. The Morgan fingerprint density at radius 3 is 1.50 bits per heavy atom. The highest BCUT2D eigenvalue weighted by Crippen LogP contribution is 2.20. The SMILES string of the molecule is CCCCCCCCCCCCCCCCCC1N(C)C=CN1CCC. The third-order valence-corrected chi connectivity index (χ3v) is 5.89. The van der Waals surface area contributed by atoms with Crippen LogP contribution in [-0.2, 0) is 0 Å². The van der Waals surface area contributed by atoms with Gasteiger partial charge in [0.2, 0.25) is 0 Å². The first kappa shape index (κ1) is 23.4. The minimum absolute atomic E-state index is 0.622. The van der Waals surface area contributed by atoms with Crippen molar-refractivity contribution >= 4 is 0 Å². The highest BCUT2D eigenvalue weighted by Gasteiger charge is 2.21. The molecule has 2 heteroatoms. The van der Waals surface area contributed by atoms with Crippen LogP contribution in [0.4, 0.5) is 0 Å². The van der Waals surface area contributed by atoms with Gasteiger partial charge in [0.25, 0.3) is 0 Å². The van der Waals surface area contributed by atoms with Crippen LogP contribution in [0.15, 0.2) is 12.4 Å². The summed E-state index contributed by atoms with van der Waals surface area (Å²) >= 11 is 0. The molecule has 0 N–H and O–H groups in total. The van der Waals surface area contributed by atoms with E-state index >= 15 is 0 Å². The molecule has 0 aliphatic carbocycles. The highest BCUT2D eigenvalue weighted by atomic mass is 15.4. The number of rotatable bonds is 18. The van der Waals surface area contributed by atoms with Crippen LogP contribution in [0.2, 0.25) is 0 Å². The molecule has 0 aromatic carbocycles. The van der Waals surface area contributed by atoms with Crippen LogP contribution >= 0.6 is 0 Å². The summed E-state index contributed by atoms with van der Waals surface area (Å²) in [5, 5.41) is 0. The van der Waals surface area contributed by atoms with Gasteiger partial charge in [-0.15, -0.1) is 0 Å².